The molecule has 0 aliphatic carbocycles. The average Bonchev–Trinajstić information content (AvgIpc) is 3.02. The first-order chi connectivity index (χ1) is 10.7. The summed E-state index contributed by atoms with van der Waals surface area (Å²) in [6.07, 6.45) is 9.22. The second-order valence-corrected chi connectivity index (χ2v) is 7.67. The zero-order valence-electron chi connectivity index (χ0n) is 16.1. The fourth-order valence-corrected chi connectivity index (χ4v) is 3.24. The van der Waals surface area contributed by atoms with Gasteiger partial charge in [-0.25, -0.2) is 5.32 Å². The van der Waals surface area contributed by atoms with Crippen LogP contribution in [0.15, 0.2) is 24.8 Å². The van der Waals surface area contributed by atoms with Gasteiger partial charge in [-0.05, 0) is 55.4 Å². The van der Waals surface area contributed by atoms with Crippen LogP contribution in [0.25, 0.3) is 0 Å². The molecule has 0 amide bonds. The fourth-order valence-electron chi connectivity index (χ4n) is 3.24. The molecule has 0 aromatic heterocycles. The Morgan fingerprint density at radius 2 is 0.739 bits per heavy atom. The molecule has 0 aromatic carbocycles. The molecule has 2 aliphatic heterocycles. The third-order valence-corrected chi connectivity index (χ3v) is 4.63. The van der Waals surface area contributed by atoms with E-state index in [1.807, 2.05) is 0 Å². The molecule has 5 nitrogen and oxygen atoms in total. The molecule has 0 radical (unpaired) electrons. The van der Waals surface area contributed by atoms with Gasteiger partial charge >= 0.3 is 0 Å². The Balaban J connectivity index is 2.21. The van der Waals surface area contributed by atoms with Crippen molar-refractivity contribution in [1.29, 1.82) is 0 Å². The van der Waals surface area contributed by atoms with Gasteiger partial charge in [0.2, 0.25) is 0 Å². The van der Waals surface area contributed by atoms with Gasteiger partial charge in [-0.1, -0.05) is 0 Å². The highest BCUT2D eigenvalue weighted by Crippen LogP contribution is 2.25. The van der Waals surface area contributed by atoms with Crippen molar-refractivity contribution in [2.75, 3.05) is 0 Å². The van der Waals surface area contributed by atoms with Crippen molar-refractivity contribution in [3.63, 3.8) is 0 Å². The van der Waals surface area contributed by atoms with E-state index in [0.29, 0.717) is 24.2 Å². The second kappa shape index (κ2) is 7.04. The van der Waals surface area contributed by atoms with Crippen molar-refractivity contribution >= 4 is 0 Å². The third-order valence-electron chi connectivity index (χ3n) is 4.63. The van der Waals surface area contributed by atoms with E-state index in [-0.39, 0.29) is 12.6 Å². The van der Waals surface area contributed by atoms with Crippen LogP contribution in [0, 0.1) is 0 Å². The summed E-state index contributed by atoms with van der Waals surface area (Å²) in [6, 6.07) is 1.84. The number of hydrogen-bond donors (Lipinski definition) is 1. The lowest BCUT2D eigenvalue weighted by atomic mass is 10.3. The molecule has 0 fully saturated rings. The first kappa shape index (κ1) is 18.0. The van der Waals surface area contributed by atoms with Crippen LogP contribution in [0.3, 0.4) is 0 Å². The van der Waals surface area contributed by atoms with Crippen LogP contribution >= 0.6 is 0 Å². The number of nitrogens with one attached hydrogen (secondary N) is 1. The van der Waals surface area contributed by atoms with Gasteiger partial charge in [-0.15, -0.1) is 0 Å². The highest BCUT2D eigenvalue weighted by Gasteiger charge is 2.37. The first-order valence-corrected chi connectivity index (χ1v) is 8.96. The van der Waals surface area contributed by atoms with Crippen LogP contribution < -0.4 is 5.32 Å². The van der Waals surface area contributed by atoms with Gasteiger partial charge in [0, 0.05) is 49.0 Å². The van der Waals surface area contributed by atoms with E-state index >= 15 is 0 Å². The maximum absolute atomic E-state index is 3.88. The van der Waals surface area contributed by atoms with E-state index in [1.54, 1.807) is 0 Å². The number of rotatable bonds is 6. The maximum Gasteiger partial charge on any atom is 0.160 e. The summed E-state index contributed by atoms with van der Waals surface area (Å²) in [5.41, 5.74) is 0. The van der Waals surface area contributed by atoms with Crippen molar-refractivity contribution in [3.05, 3.63) is 24.8 Å². The smallest absolute Gasteiger partial charge is 0.160 e. The van der Waals surface area contributed by atoms with Crippen molar-refractivity contribution in [2.24, 2.45) is 0 Å². The van der Waals surface area contributed by atoms with E-state index in [1.165, 1.54) is 0 Å². The molecular weight excluding hydrogens is 286 g/mol. The standard InChI is InChI=1S/C18H35N5/c1-13(2)20-9-10-21(14(3)4)17(20)19-18-22(15(5)6)11-12-23(18)16(7)8/h9-19H,1-8H3. The van der Waals surface area contributed by atoms with Gasteiger partial charge in [0.05, 0.1) is 0 Å². The molecule has 5 heteroatoms. The minimum absolute atomic E-state index is 0.183. The lowest BCUT2D eigenvalue weighted by molar-refractivity contribution is -0.00737. The molecule has 0 spiro atoms. The Hall–Kier alpha value is -1.36. The topological polar surface area (TPSA) is 25.0 Å². The molecule has 0 aromatic rings. The maximum atomic E-state index is 3.88. The van der Waals surface area contributed by atoms with Crippen molar-refractivity contribution in [1.82, 2.24) is 24.9 Å². The molecule has 23 heavy (non-hydrogen) atoms. The Morgan fingerprint density at radius 1 is 0.522 bits per heavy atom. The zero-order chi connectivity index (χ0) is 17.3. The summed E-state index contributed by atoms with van der Waals surface area (Å²) >= 11 is 0. The minimum Gasteiger partial charge on any atom is -0.341 e. The van der Waals surface area contributed by atoms with Gasteiger partial charge in [-0.3, -0.25) is 0 Å². The second-order valence-electron chi connectivity index (χ2n) is 7.67. The number of hydrogen-bond acceptors (Lipinski definition) is 5. The monoisotopic (exact) mass is 321 g/mol. The van der Waals surface area contributed by atoms with Gasteiger partial charge in [0.15, 0.2) is 12.6 Å². The van der Waals surface area contributed by atoms with Gasteiger partial charge in [0.25, 0.3) is 0 Å². The zero-order valence-corrected chi connectivity index (χ0v) is 16.1. The minimum atomic E-state index is 0.183. The Kier molecular flexibility index (Phi) is 5.50. The SMILES string of the molecule is CC(C)N1C=CN(C(C)C)C1NC1N(C(C)C)C=CN1C(C)C. The molecule has 0 atom stereocenters. The normalized spacial score (nSPS) is 20.0. The van der Waals surface area contributed by atoms with Crippen molar-refractivity contribution in [2.45, 2.75) is 92.1 Å². The highest BCUT2D eigenvalue weighted by atomic mass is 15.6. The van der Waals surface area contributed by atoms with Crippen LogP contribution in [-0.4, -0.2) is 56.3 Å². The van der Waals surface area contributed by atoms with Crippen molar-refractivity contribution in [3.8, 4) is 0 Å². The summed E-state index contributed by atoms with van der Waals surface area (Å²) < 4.78 is 0. The lowest BCUT2D eigenvalue weighted by Gasteiger charge is -2.44. The summed E-state index contributed by atoms with van der Waals surface area (Å²) in [5, 5.41) is 3.88. The van der Waals surface area contributed by atoms with E-state index in [0.717, 1.165) is 0 Å². The summed E-state index contributed by atoms with van der Waals surface area (Å²) in [7, 11) is 0. The van der Waals surface area contributed by atoms with E-state index in [2.05, 4.69) is 105 Å². The molecule has 2 rings (SSSR count). The molecule has 0 saturated carbocycles. The summed E-state index contributed by atoms with van der Waals surface area (Å²) in [6.45, 7) is 18.0. The quantitative estimate of drug-likeness (QED) is 0.811. The van der Waals surface area contributed by atoms with Gasteiger partial charge in [0.1, 0.15) is 0 Å². The van der Waals surface area contributed by atoms with Crippen LogP contribution in [0.5, 0.6) is 0 Å². The predicted molar refractivity (Wildman–Crippen MR) is 96.9 cm³/mol. The molecule has 2 heterocycles. The molecular formula is C18H35N5. The number of nitrogens with zero attached hydrogens (tertiary/aromatic N) is 4. The molecule has 1 N–H and O–H groups in total. The molecule has 0 bridgehead atoms. The molecule has 132 valence electrons. The Morgan fingerprint density at radius 3 is 0.913 bits per heavy atom. The van der Waals surface area contributed by atoms with Crippen LogP contribution in [0.2, 0.25) is 0 Å². The Labute approximate surface area is 142 Å². The largest absolute Gasteiger partial charge is 0.341 e. The fraction of sp³-hybridized carbons (Fsp3) is 0.778. The van der Waals surface area contributed by atoms with Crippen LogP contribution in [0.4, 0.5) is 0 Å². The predicted octanol–water partition coefficient (Wildman–Crippen LogP) is 2.95. The first-order valence-electron chi connectivity index (χ1n) is 8.96. The van der Waals surface area contributed by atoms with Gasteiger partial charge < -0.3 is 19.6 Å². The molecule has 0 saturated heterocycles. The highest BCUT2D eigenvalue weighted by molar-refractivity contribution is 5.03. The van der Waals surface area contributed by atoms with Crippen LogP contribution in [-0.2, 0) is 0 Å². The Bertz CT molecular complexity index is 365. The van der Waals surface area contributed by atoms with Crippen LogP contribution in [0.1, 0.15) is 55.4 Å². The van der Waals surface area contributed by atoms with Crippen molar-refractivity contribution < 1.29 is 0 Å². The molecule has 2 aliphatic rings. The summed E-state index contributed by atoms with van der Waals surface area (Å²) in [4.78, 5) is 9.59. The molecule has 0 unspecified atom stereocenters. The van der Waals surface area contributed by atoms with Gasteiger partial charge in [-0.2, -0.15) is 0 Å². The van der Waals surface area contributed by atoms with E-state index in [4.69, 9.17) is 0 Å². The van der Waals surface area contributed by atoms with E-state index < -0.39 is 0 Å². The van der Waals surface area contributed by atoms with E-state index in [9.17, 15) is 0 Å². The summed E-state index contributed by atoms with van der Waals surface area (Å²) in [5.74, 6) is 0. The third kappa shape index (κ3) is 3.60. The lowest BCUT2D eigenvalue weighted by Crippen LogP contribution is -2.63. The average molecular weight is 322 g/mol.